The van der Waals surface area contributed by atoms with Gasteiger partial charge in [0.1, 0.15) is 0 Å². The van der Waals surface area contributed by atoms with Gasteiger partial charge in [-0.3, -0.25) is 10.1 Å². The first-order valence-electron chi connectivity index (χ1n) is 6.99. The van der Waals surface area contributed by atoms with E-state index in [1.54, 1.807) is 17.6 Å². The van der Waals surface area contributed by atoms with Crippen LogP contribution in [-0.4, -0.2) is 36.7 Å². The first-order valence-corrected chi connectivity index (χ1v) is 10.1. The van der Waals surface area contributed by atoms with Gasteiger partial charge < -0.3 is 0 Å². The van der Waals surface area contributed by atoms with E-state index in [9.17, 15) is 13.2 Å². The summed E-state index contributed by atoms with van der Waals surface area (Å²) in [6.07, 6.45) is 3.32. The molecule has 122 valence electrons. The van der Waals surface area contributed by atoms with E-state index in [-0.39, 0.29) is 10.5 Å². The Morgan fingerprint density at radius 3 is 2.70 bits per heavy atom. The minimum Gasteiger partial charge on any atom is -0.298 e. The van der Waals surface area contributed by atoms with Crippen LogP contribution in [0.2, 0.25) is 0 Å². The van der Waals surface area contributed by atoms with Gasteiger partial charge in [-0.2, -0.15) is 4.31 Å². The van der Waals surface area contributed by atoms with Crippen molar-refractivity contribution in [3.63, 3.8) is 0 Å². The van der Waals surface area contributed by atoms with Crippen LogP contribution >= 0.6 is 27.3 Å². The van der Waals surface area contributed by atoms with Crippen molar-refractivity contribution in [2.45, 2.75) is 17.7 Å². The molecule has 3 rings (SSSR count). The monoisotopic (exact) mass is 415 g/mol. The van der Waals surface area contributed by atoms with Crippen LogP contribution in [0.4, 0.5) is 5.13 Å². The molecule has 1 fully saturated rings. The molecular weight excluding hydrogens is 402 g/mol. The van der Waals surface area contributed by atoms with Crippen LogP contribution < -0.4 is 5.32 Å². The van der Waals surface area contributed by atoms with Gasteiger partial charge in [0.25, 0.3) is 5.91 Å². The van der Waals surface area contributed by atoms with Crippen LogP contribution in [0, 0.1) is 0 Å². The molecule has 23 heavy (non-hydrogen) atoms. The molecule has 0 bridgehead atoms. The highest BCUT2D eigenvalue weighted by Crippen LogP contribution is 2.26. The van der Waals surface area contributed by atoms with Gasteiger partial charge in [-0.1, -0.05) is 0 Å². The Kier molecular flexibility index (Phi) is 4.81. The number of amides is 1. The molecule has 1 saturated heterocycles. The molecule has 9 heteroatoms. The molecule has 0 radical (unpaired) electrons. The third-order valence-corrected chi connectivity index (χ3v) is 6.81. The Morgan fingerprint density at radius 2 is 2.04 bits per heavy atom. The molecule has 1 aromatic heterocycles. The predicted molar refractivity (Wildman–Crippen MR) is 92.2 cm³/mol. The van der Waals surface area contributed by atoms with Crippen molar-refractivity contribution >= 4 is 48.3 Å². The Morgan fingerprint density at radius 1 is 1.30 bits per heavy atom. The number of hydrogen-bond acceptors (Lipinski definition) is 5. The number of hydrogen-bond donors (Lipinski definition) is 1. The summed E-state index contributed by atoms with van der Waals surface area (Å²) in [7, 11) is -3.55. The third-order valence-electron chi connectivity index (χ3n) is 3.54. The van der Waals surface area contributed by atoms with Crippen molar-refractivity contribution in [3.05, 3.63) is 39.8 Å². The summed E-state index contributed by atoms with van der Waals surface area (Å²) >= 11 is 4.60. The van der Waals surface area contributed by atoms with Crippen molar-refractivity contribution in [1.82, 2.24) is 9.29 Å². The third kappa shape index (κ3) is 3.47. The van der Waals surface area contributed by atoms with Crippen LogP contribution in [0.1, 0.15) is 23.2 Å². The highest BCUT2D eigenvalue weighted by atomic mass is 79.9. The zero-order chi connectivity index (χ0) is 16.4. The average Bonchev–Trinajstić information content (AvgIpc) is 3.20. The number of aromatic nitrogens is 1. The molecular formula is C14H14BrN3O3S2. The number of sulfonamides is 1. The maximum atomic E-state index is 12.6. The Hall–Kier alpha value is -1.29. The molecule has 0 unspecified atom stereocenters. The number of halogens is 1. The van der Waals surface area contributed by atoms with Crippen molar-refractivity contribution in [2.75, 3.05) is 18.4 Å². The number of anilines is 1. The second-order valence-corrected chi connectivity index (χ2v) is 8.73. The van der Waals surface area contributed by atoms with Crippen LogP contribution in [0.15, 0.2) is 39.1 Å². The molecule has 0 spiro atoms. The molecule has 0 saturated carbocycles. The minimum atomic E-state index is -3.55. The number of nitrogens with one attached hydrogen (secondary N) is 1. The van der Waals surface area contributed by atoms with Crippen LogP contribution in [0.3, 0.4) is 0 Å². The lowest BCUT2D eigenvalue weighted by atomic mass is 10.2. The topological polar surface area (TPSA) is 79.4 Å². The van der Waals surface area contributed by atoms with Gasteiger partial charge in [0.2, 0.25) is 10.0 Å². The van der Waals surface area contributed by atoms with Gasteiger partial charge in [0, 0.05) is 29.1 Å². The molecule has 1 amide bonds. The minimum absolute atomic E-state index is 0.131. The molecule has 1 aliphatic rings. The summed E-state index contributed by atoms with van der Waals surface area (Å²) in [6.45, 7) is 1.05. The highest BCUT2D eigenvalue weighted by molar-refractivity contribution is 9.10. The number of benzene rings is 1. The normalized spacial score (nSPS) is 15.7. The van der Waals surface area contributed by atoms with Gasteiger partial charge in [-0.15, -0.1) is 11.3 Å². The fourth-order valence-corrected chi connectivity index (χ4v) is 4.86. The first kappa shape index (κ1) is 16.6. The second kappa shape index (κ2) is 6.68. The summed E-state index contributed by atoms with van der Waals surface area (Å²) in [5, 5.41) is 4.87. The molecule has 6 nitrogen and oxygen atoms in total. The van der Waals surface area contributed by atoms with E-state index in [0.29, 0.717) is 22.7 Å². The molecule has 0 atom stereocenters. The van der Waals surface area contributed by atoms with E-state index < -0.39 is 15.9 Å². The quantitative estimate of drug-likeness (QED) is 0.831. The van der Waals surface area contributed by atoms with Crippen LogP contribution in [0.5, 0.6) is 0 Å². The number of rotatable bonds is 4. The largest absolute Gasteiger partial charge is 0.298 e. The Labute approximate surface area is 146 Å². The number of carbonyl (C=O) groups is 1. The standard InChI is InChI=1S/C14H14BrN3O3S2/c15-12-4-3-10(23(20,21)18-6-1-2-7-18)9-11(12)13(19)17-14-16-5-8-22-14/h3-5,8-9H,1-2,6-7H2,(H,16,17,19). The van der Waals surface area contributed by atoms with Crippen molar-refractivity contribution in [2.24, 2.45) is 0 Å². The predicted octanol–water partition coefficient (Wildman–Crippen LogP) is 2.94. The smallest absolute Gasteiger partial charge is 0.258 e. The number of nitrogens with zero attached hydrogens (tertiary/aromatic N) is 2. The zero-order valence-electron chi connectivity index (χ0n) is 12.0. The summed E-state index contributed by atoms with van der Waals surface area (Å²) in [5.41, 5.74) is 0.264. The van der Waals surface area contributed by atoms with Gasteiger partial charge in [0.15, 0.2) is 5.13 Å². The van der Waals surface area contributed by atoms with Crippen LogP contribution in [-0.2, 0) is 10.0 Å². The van der Waals surface area contributed by atoms with Crippen molar-refractivity contribution in [1.29, 1.82) is 0 Å². The maximum Gasteiger partial charge on any atom is 0.258 e. The molecule has 1 aliphatic heterocycles. The fraction of sp³-hybridized carbons (Fsp3) is 0.286. The summed E-state index contributed by atoms with van der Waals surface area (Å²) in [5.74, 6) is -0.398. The van der Waals surface area contributed by atoms with Gasteiger partial charge in [-0.25, -0.2) is 13.4 Å². The lowest BCUT2D eigenvalue weighted by molar-refractivity contribution is 0.102. The fourth-order valence-electron chi connectivity index (χ4n) is 2.37. The van der Waals surface area contributed by atoms with E-state index in [1.165, 1.54) is 27.8 Å². The Bertz CT molecular complexity index is 816. The molecule has 0 aliphatic carbocycles. The zero-order valence-corrected chi connectivity index (χ0v) is 15.2. The van der Waals surface area contributed by atoms with Crippen LogP contribution in [0.25, 0.3) is 0 Å². The van der Waals surface area contributed by atoms with E-state index in [2.05, 4.69) is 26.2 Å². The summed E-state index contributed by atoms with van der Waals surface area (Å²) in [4.78, 5) is 16.5. The van der Waals surface area contributed by atoms with E-state index in [4.69, 9.17) is 0 Å². The Balaban J connectivity index is 1.91. The molecule has 2 aromatic rings. The second-order valence-electron chi connectivity index (χ2n) is 5.04. The summed E-state index contributed by atoms with van der Waals surface area (Å²) in [6, 6.07) is 4.50. The van der Waals surface area contributed by atoms with E-state index in [0.717, 1.165) is 12.8 Å². The lowest BCUT2D eigenvalue weighted by Gasteiger charge is -2.16. The molecule has 1 N–H and O–H groups in total. The van der Waals surface area contributed by atoms with Gasteiger partial charge in [-0.05, 0) is 47.0 Å². The lowest BCUT2D eigenvalue weighted by Crippen LogP contribution is -2.28. The average molecular weight is 416 g/mol. The van der Waals surface area contributed by atoms with E-state index >= 15 is 0 Å². The van der Waals surface area contributed by atoms with Gasteiger partial charge >= 0.3 is 0 Å². The molecule has 2 heterocycles. The van der Waals surface area contributed by atoms with E-state index in [1.807, 2.05) is 0 Å². The summed E-state index contributed by atoms with van der Waals surface area (Å²) < 4.78 is 27.2. The number of thiazole rings is 1. The van der Waals surface area contributed by atoms with Crippen molar-refractivity contribution in [3.8, 4) is 0 Å². The highest BCUT2D eigenvalue weighted by Gasteiger charge is 2.28. The maximum absolute atomic E-state index is 12.6. The molecule has 1 aromatic carbocycles. The van der Waals surface area contributed by atoms with Gasteiger partial charge in [0.05, 0.1) is 10.5 Å². The number of carbonyl (C=O) groups excluding carboxylic acids is 1. The van der Waals surface area contributed by atoms with Crippen molar-refractivity contribution < 1.29 is 13.2 Å². The first-order chi connectivity index (χ1) is 11.0. The SMILES string of the molecule is O=C(Nc1nccs1)c1cc(S(=O)(=O)N2CCCC2)ccc1Br.